The molecular formula is C14H14N2O2. The number of carbonyl (C=O) groups is 1. The normalized spacial score (nSPS) is 10.1. The lowest BCUT2D eigenvalue weighted by atomic mass is 10.1. The van der Waals surface area contributed by atoms with Gasteiger partial charge in [-0.25, -0.2) is 4.79 Å². The van der Waals surface area contributed by atoms with E-state index < -0.39 is 5.97 Å². The Kier molecular flexibility index (Phi) is 3.19. The summed E-state index contributed by atoms with van der Waals surface area (Å²) in [5, 5.41) is 12.1. The van der Waals surface area contributed by atoms with E-state index in [4.69, 9.17) is 10.8 Å². The molecule has 0 aliphatic heterocycles. The summed E-state index contributed by atoms with van der Waals surface area (Å²) in [5.41, 5.74) is 9.33. The van der Waals surface area contributed by atoms with E-state index in [0.29, 0.717) is 0 Å². The van der Waals surface area contributed by atoms with Gasteiger partial charge in [0.1, 0.15) is 0 Å². The Labute approximate surface area is 105 Å². The van der Waals surface area contributed by atoms with Crippen molar-refractivity contribution in [3.63, 3.8) is 0 Å². The minimum atomic E-state index is -0.938. The smallest absolute Gasteiger partial charge is 0.335 e. The third-order valence-electron chi connectivity index (χ3n) is 2.67. The predicted octanol–water partition coefficient (Wildman–Crippen LogP) is 3.02. The van der Waals surface area contributed by atoms with Gasteiger partial charge in [-0.1, -0.05) is 6.07 Å². The molecule has 0 saturated heterocycles. The van der Waals surface area contributed by atoms with E-state index in [9.17, 15) is 4.79 Å². The summed E-state index contributed by atoms with van der Waals surface area (Å²) < 4.78 is 0. The fraction of sp³-hybridized carbons (Fsp3) is 0.0714. The standard InChI is InChI=1S/C14H14N2O2/c1-9-7-12(5-6-13(9)15)16-11-4-2-3-10(8-11)14(17)18/h2-8,16H,15H2,1H3,(H,17,18). The number of carboxylic acid groups (broad SMARTS) is 1. The molecule has 0 bridgehead atoms. The minimum absolute atomic E-state index is 0.257. The van der Waals surface area contributed by atoms with E-state index in [1.165, 1.54) is 0 Å². The summed E-state index contributed by atoms with van der Waals surface area (Å²) >= 11 is 0. The van der Waals surface area contributed by atoms with Crippen LogP contribution in [0.4, 0.5) is 17.1 Å². The molecule has 0 amide bonds. The highest BCUT2D eigenvalue weighted by Crippen LogP contribution is 2.21. The van der Waals surface area contributed by atoms with Gasteiger partial charge < -0.3 is 16.2 Å². The molecule has 4 N–H and O–H groups in total. The molecule has 0 radical (unpaired) electrons. The van der Waals surface area contributed by atoms with Crippen molar-refractivity contribution >= 4 is 23.0 Å². The van der Waals surface area contributed by atoms with E-state index >= 15 is 0 Å². The maximum Gasteiger partial charge on any atom is 0.335 e. The van der Waals surface area contributed by atoms with Crippen LogP contribution in [-0.4, -0.2) is 11.1 Å². The molecule has 0 heterocycles. The Morgan fingerprint density at radius 2 is 1.89 bits per heavy atom. The monoisotopic (exact) mass is 242 g/mol. The molecule has 4 heteroatoms. The second kappa shape index (κ2) is 4.79. The van der Waals surface area contributed by atoms with E-state index in [0.717, 1.165) is 22.6 Å². The molecule has 0 saturated carbocycles. The van der Waals surface area contributed by atoms with Crippen molar-refractivity contribution in [3.05, 3.63) is 53.6 Å². The van der Waals surface area contributed by atoms with Crippen molar-refractivity contribution in [3.8, 4) is 0 Å². The molecule has 2 aromatic carbocycles. The molecule has 4 nitrogen and oxygen atoms in total. The van der Waals surface area contributed by atoms with Gasteiger partial charge in [0, 0.05) is 17.1 Å². The number of nitrogens with one attached hydrogen (secondary N) is 1. The van der Waals surface area contributed by atoms with Crippen LogP contribution in [0.2, 0.25) is 0 Å². The highest BCUT2D eigenvalue weighted by molar-refractivity contribution is 5.89. The molecular weight excluding hydrogens is 228 g/mol. The van der Waals surface area contributed by atoms with Crippen molar-refractivity contribution in [2.75, 3.05) is 11.1 Å². The first-order valence-electron chi connectivity index (χ1n) is 5.53. The van der Waals surface area contributed by atoms with Crippen molar-refractivity contribution in [2.24, 2.45) is 0 Å². The summed E-state index contributed by atoms with van der Waals surface area (Å²) in [6.07, 6.45) is 0. The predicted molar refractivity (Wildman–Crippen MR) is 72.3 cm³/mol. The van der Waals surface area contributed by atoms with Crippen molar-refractivity contribution < 1.29 is 9.90 Å². The second-order valence-electron chi connectivity index (χ2n) is 4.08. The molecule has 0 aromatic heterocycles. The van der Waals surface area contributed by atoms with Crippen molar-refractivity contribution in [1.29, 1.82) is 0 Å². The van der Waals surface area contributed by atoms with Crippen LogP contribution in [0, 0.1) is 6.92 Å². The molecule has 0 aliphatic carbocycles. The number of nitrogen functional groups attached to an aromatic ring is 1. The van der Waals surface area contributed by atoms with E-state index in [1.54, 1.807) is 18.2 Å². The van der Waals surface area contributed by atoms with Crippen LogP contribution in [0.25, 0.3) is 0 Å². The molecule has 2 aromatic rings. The number of carboxylic acids is 1. The Balaban J connectivity index is 2.25. The fourth-order valence-corrected chi connectivity index (χ4v) is 1.65. The number of hydrogen-bond acceptors (Lipinski definition) is 3. The third kappa shape index (κ3) is 2.60. The quantitative estimate of drug-likeness (QED) is 0.723. The van der Waals surface area contributed by atoms with E-state index in [-0.39, 0.29) is 5.56 Å². The molecule has 2 rings (SSSR count). The maximum absolute atomic E-state index is 10.9. The lowest BCUT2D eigenvalue weighted by Crippen LogP contribution is -1.98. The average molecular weight is 242 g/mol. The number of rotatable bonds is 3. The number of benzene rings is 2. The number of hydrogen-bond donors (Lipinski definition) is 3. The summed E-state index contributed by atoms with van der Waals surface area (Å²) in [6, 6.07) is 12.3. The fourth-order valence-electron chi connectivity index (χ4n) is 1.65. The third-order valence-corrected chi connectivity index (χ3v) is 2.67. The first kappa shape index (κ1) is 12.0. The number of anilines is 3. The first-order valence-corrected chi connectivity index (χ1v) is 5.53. The van der Waals surface area contributed by atoms with Gasteiger partial charge in [0.25, 0.3) is 0 Å². The molecule has 92 valence electrons. The summed E-state index contributed by atoms with van der Waals surface area (Å²) in [5.74, 6) is -0.938. The lowest BCUT2D eigenvalue weighted by Gasteiger charge is -2.09. The van der Waals surface area contributed by atoms with Gasteiger partial charge in [0.05, 0.1) is 5.56 Å². The zero-order chi connectivity index (χ0) is 13.1. The summed E-state index contributed by atoms with van der Waals surface area (Å²) in [7, 11) is 0. The Hall–Kier alpha value is -2.49. The van der Waals surface area contributed by atoms with Crippen LogP contribution in [0.15, 0.2) is 42.5 Å². The van der Waals surface area contributed by atoms with Gasteiger partial charge in [0.15, 0.2) is 0 Å². The van der Waals surface area contributed by atoms with Crippen LogP contribution >= 0.6 is 0 Å². The van der Waals surface area contributed by atoms with Crippen LogP contribution < -0.4 is 11.1 Å². The van der Waals surface area contributed by atoms with Crippen molar-refractivity contribution in [2.45, 2.75) is 6.92 Å². The lowest BCUT2D eigenvalue weighted by molar-refractivity contribution is 0.0697. The Morgan fingerprint density at radius 1 is 1.17 bits per heavy atom. The van der Waals surface area contributed by atoms with E-state index in [1.807, 2.05) is 31.2 Å². The molecule has 0 fully saturated rings. The van der Waals surface area contributed by atoms with Gasteiger partial charge in [-0.3, -0.25) is 0 Å². The highest BCUT2D eigenvalue weighted by Gasteiger charge is 2.03. The Morgan fingerprint density at radius 3 is 2.56 bits per heavy atom. The van der Waals surface area contributed by atoms with E-state index in [2.05, 4.69) is 5.32 Å². The van der Waals surface area contributed by atoms with Gasteiger partial charge in [-0.05, 0) is 48.9 Å². The zero-order valence-corrected chi connectivity index (χ0v) is 9.97. The van der Waals surface area contributed by atoms with Crippen molar-refractivity contribution in [1.82, 2.24) is 0 Å². The first-order chi connectivity index (χ1) is 8.56. The van der Waals surface area contributed by atoms with Gasteiger partial charge >= 0.3 is 5.97 Å². The van der Waals surface area contributed by atoms with Crippen LogP contribution in [0.5, 0.6) is 0 Å². The summed E-state index contributed by atoms with van der Waals surface area (Å²) in [6.45, 7) is 1.92. The minimum Gasteiger partial charge on any atom is -0.478 e. The topological polar surface area (TPSA) is 75.3 Å². The molecule has 18 heavy (non-hydrogen) atoms. The second-order valence-corrected chi connectivity index (χ2v) is 4.08. The molecule has 0 aliphatic rings. The largest absolute Gasteiger partial charge is 0.478 e. The zero-order valence-electron chi connectivity index (χ0n) is 9.97. The Bertz CT molecular complexity index is 594. The number of aryl methyl sites for hydroxylation is 1. The number of nitrogens with two attached hydrogens (primary N) is 1. The van der Waals surface area contributed by atoms with Crippen LogP contribution in [0.1, 0.15) is 15.9 Å². The maximum atomic E-state index is 10.9. The molecule has 0 spiro atoms. The number of aromatic carboxylic acids is 1. The molecule has 0 unspecified atom stereocenters. The highest BCUT2D eigenvalue weighted by atomic mass is 16.4. The average Bonchev–Trinajstić information content (AvgIpc) is 2.34. The van der Waals surface area contributed by atoms with Crippen LogP contribution in [-0.2, 0) is 0 Å². The van der Waals surface area contributed by atoms with Gasteiger partial charge in [0.2, 0.25) is 0 Å². The van der Waals surface area contributed by atoms with Gasteiger partial charge in [-0.15, -0.1) is 0 Å². The SMILES string of the molecule is Cc1cc(Nc2cccc(C(=O)O)c2)ccc1N. The summed E-state index contributed by atoms with van der Waals surface area (Å²) in [4.78, 5) is 10.9. The molecule has 0 atom stereocenters. The van der Waals surface area contributed by atoms with Gasteiger partial charge in [-0.2, -0.15) is 0 Å². The van der Waals surface area contributed by atoms with Crippen LogP contribution in [0.3, 0.4) is 0 Å².